The van der Waals surface area contributed by atoms with Crippen molar-refractivity contribution in [2.45, 2.75) is 127 Å². The summed E-state index contributed by atoms with van der Waals surface area (Å²) in [6.45, 7) is 2.33. The second-order valence-corrected chi connectivity index (χ2v) is 24.8. The zero-order chi connectivity index (χ0) is 69.3. The third kappa shape index (κ3) is 19.7. The van der Waals surface area contributed by atoms with Crippen molar-refractivity contribution in [1.82, 2.24) is 30.0 Å². The Morgan fingerprint density at radius 2 is 0.618 bits per heavy atom. The van der Waals surface area contributed by atoms with E-state index in [0.29, 0.717) is 24.6 Å². The van der Waals surface area contributed by atoms with Gasteiger partial charge in [0.2, 0.25) is 0 Å². The minimum atomic E-state index is -0.902. The van der Waals surface area contributed by atoms with Crippen LogP contribution in [0.1, 0.15) is 78.7 Å². The molecule has 0 spiro atoms. The standard InChI is InChI=1S/C82H82N6O14/c1-90-82(89)67-42-70(93-55-68-45-87(85-83-68)80-78(99-53-65-38-22-8-23-39-65)76(97-51-63-34-18-6-19-35-63)74(95-49-61-30-14-4-15-31-61)72(101-80)57-91-47-59-26-10-2-11-27-59)44-71(43-67)94-56-69-46-88(86-84-69)81-79(100-54-66-40-24-9-25-41-66)77(98-52-64-36-20-7-21-37-64)75(96-50-62-32-16-5-17-33-62)73(102-81)58-92-48-60-28-12-3-13-29-60/h2-46,72-81H,47-58H2,1H3/t72-,73-,74+,75+,76+,77+,78-,79-,80-,81-/m1/s1. The van der Waals surface area contributed by atoms with E-state index in [4.69, 9.17) is 61.6 Å². The molecule has 0 radical (unpaired) electrons. The molecule has 2 aromatic heterocycles. The smallest absolute Gasteiger partial charge is 0.338 e. The Balaban J connectivity index is 0.754. The van der Waals surface area contributed by atoms with Gasteiger partial charge >= 0.3 is 5.97 Å². The normalized spacial score (nSPS) is 20.4. The summed E-state index contributed by atoms with van der Waals surface area (Å²) in [6, 6.07) is 84.5. The summed E-state index contributed by atoms with van der Waals surface area (Å²) in [7, 11) is 1.31. The van der Waals surface area contributed by atoms with Crippen LogP contribution in [0.5, 0.6) is 11.5 Å². The molecule has 2 saturated heterocycles. The number of benzene rings is 9. The summed E-state index contributed by atoms with van der Waals surface area (Å²) in [4.78, 5) is 13.4. The Hall–Kier alpha value is -10.1. The van der Waals surface area contributed by atoms with E-state index in [1.165, 1.54) is 7.11 Å². The Bertz CT molecular complexity index is 3990. The van der Waals surface area contributed by atoms with E-state index in [0.717, 1.165) is 44.5 Å². The Labute approximate surface area is 593 Å². The summed E-state index contributed by atoms with van der Waals surface area (Å²) in [5.41, 5.74) is 8.87. The molecule has 0 saturated carbocycles. The van der Waals surface area contributed by atoms with Gasteiger partial charge in [0.1, 0.15) is 84.9 Å². The molecule has 10 atom stereocenters. The maximum atomic E-state index is 13.4. The van der Waals surface area contributed by atoms with Crippen LogP contribution in [0.25, 0.3) is 0 Å². The number of carbonyl (C=O) groups excluding carboxylic acids is 1. The minimum Gasteiger partial charge on any atom is -0.487 e. The third-order valence-electron chi connectivity index (χ3n) is 17.4. The van der Waals surface area contributed by atoms with Gasteiger partial charge in [0.25, 0.3) is 0 Å². The van der Waals surface area contributed by atoms with Gasteiger partial charge in [0.15, 0.2) is 12.5 Å². The molecule has 9 aromatic carbocycles. The molecule has 524 valence electrons. The molecule has 2 fully saturated rings. The molecule has 0 N–H and O–H groups in total. The molecule has 0 unspecified atom stereocenters. The highest BCUT2D eigenvalue weighted by atomic mass is 16.6. The zero-order valence-electron chi connectivity index (χ0n) is 56.6. The van der Waals surface area contributed by atoms with Gasteiger partial charge in [-0.1, -0.05) is 253 Å². The first-order valence-electron chi connectivity index (χ1n) is 34.2. The van der Waals surface area contributed by atoms with Crippen LogP contribution in [0.15, 0.2) is 273 Å². The molecular formula is C82H82N6O14. The average molecular weight is 1380 g/mol. The van der Waals surface area contributed by atoms with Crippen molar-refractivity contribution in [3.63, 3.8) is 0 Å². The van der Waals surface area contributed by atoms with E-state index in [2.05, 4.69) is 20.6 Å². The fourth-order valence-corrected chi connectivity index (χ4v) is 12.3. The molecule has 0 amide bonds. The lowest BCUT2D eigenvalue weighted by Gasteiger charge is -2.46. The van der Waals surface area contributed by atoms with Crippen LogP contribution in [0.2, 0.25) is 0 Å². The van der Waals surface area contributed by atoms with Crippen molar-refractivity contribution in [2.24, 2.45) is 0 Å². The zero-order valence-corrected chi connectivity index (χ0v) is 56.6. The first-order valence-corrected chi connectivity index (χ1v) is 34.2. The van der Waals surface area contributed by atoms with Gasteiger partial charge in [0, 0.05) is 6.07 Å². The van der Waals surface area contributed by atoms with Crippen LogP contribution in [0.3, 0.4) is 0 Å². The summed E-state index contributed by atoms with van der Waals surface area (Å²) in [6.07, 6.45) is -4.05. The van der Waals surface area contributed by atoms with Crippen LogP contribution in [0.4, 0.5) is 0 Å². The van der Waals surface area contributed by atoms with Crippen molar-refractivity contribution in [1.29, 1.82) is 0 Å². The van der Waals surface area contributed by atoms with Gasteiger partial charge in [-0.05, 0) is 56.6 Å². The predicted molar refractivity (Wildman–Crippen MR) is 377 cm³/mol. The summed E-state index contributed by atoms with van der Waals surface area (Å²) in [5.74, 6) is -0.0378. The van der Waals surface area contributed by atoms with Crippen LogP contribution in [-0.2, 0) is 118 Å². The van der Waals surface area contributed by atoms with E-state index in [9.17, 15) is 4.79 Å². The molecule has 2 aliphatic rings. The lowest BCUT2D eigenvalue weighted by molar-refractivity contribution is -0.292. The third-order valence-corrected chi connectivity index (χ3v) is 17.4. The first kappa shape index (κ1) is 70.4. The largest absolute Gasteiger partial charge is 0.487 e. The highest BCUT2D eigenvalue weighted by molar-refractivity contribution is 5.90. The fraction of sp³-hybridized carbons (Fsp3) is 0.280. The molecular weight excluding hydrogens is 1290 g/mol. The summed E-state index contributed by atoms with van der Waals surface area (Å²) < 4.78 is 90.3. The SMILES string of the molecule is COC(=O)c1cc(OCc2cn([C@@H]3O[C@H](COCc4ccccc4)[C@H](OCc4ccccc4)[C@H](OCc4ccccc4)[C@H]3OCc3ccccc3)nn2)cc(OCc2cn([C@@H]3O[C@H](COCc4ccccc4)[C@H](OCc4ccccc4)[C@H](OCc4ccccc4)[C@H]3OCc3ccccc3)nn2)c1. The minimum absolute atomic E-state index is 0.0809. The Morgan fingerprint density at radius 3 is 0.912 bits per heavy atom. The second kappa shape index (κ2) is 36.5. The van der Waals surface area contributed by atoms with Gasteiger partial charge in [0.05, 0.1) is 91.1 Å². The van der Waals surface area contributed by atoms with Crippen molar-refractivity contribution in [2.75, 3.05) is 20.3 Å². The molecule has 0 bridgehead atoms. The molecule has 20 nitrogen and oxygen atoms in total. The number of aromatic nitrogens is 6. The molecule has 4 heterocycles. The van der Waals surface area contributed by atoms with Crippen molar-refractivity contribution in [3.05, 3.63) is 335 Å². The van der Waals surface area contributed by atoms with E-state index in [1.807, 2.05) is 243 Å². The lowest BCUT2D eigenvalue weighted by atomic mass is 9.97. The summed E-state index contributed by atoms with van der Waals surface area (Å²) in [5, 5.41) is 18.5. The number of nitrogens with zero attached hydrogens (tertiary/aromatic N) is 6. The van der Waals surface area contributed by atoms with Crippen LogP contribution >= 0.6 is 0 Å². The van der Waals surface area contributed by atoms with E-state index >= 15 is 0 Å². The number of methoxy groups -OCH3 is 1. The molecule has 0 aliphatic carbocycles. The number of ether oxygens (including phenoxy) is 13. The Morgan fingerprint density at radius 1 is 0.343 bits per heavy atom. The van der Waals surface area contributed by atoms with Crippen molar-refractivity contribution in [3.8, 4) is 11.5 Å². The highest BCUT2D eigenvalue weighted by Crippen LogP contribution is 2.38. The van der Waals surface area contributed by atoms with Gasteiger partial charge < -0.3 is 61.6 Å². The second-order valence-electron chi connectivity index (χ2n) is 24.8. The maximum absolute atomic E-state index is 13.4. The number of hydrogen-bond acceptors (Lipinski definition) is 18. The molecule has 102 heavy (non-hydrogen) atoms. The van der Waals surface area contributed by atoms with E-state index in [1.54, 1.807) is 40.0 Å². The van der Waals surface area contributed by atoms with Gasteiger partial charge in [-0.3, -0.25) is 0 Å². The predicted octanol–water partition coefficient (Wildman–Crippen LogP) is 13.6. The topological polar surface area (TPSA) is 198 Å². The number of esters is 1. The number of hydrogen-bond donors (Lipinski definition) is 0. The van der Waals surface area contributed by atoms with Crippen molar-refractivity contribution >= 4 is 5.97 Å². The monoisotopic (exact) mass is 1370 g/mol. The molecule has 20 heteroatoms. The number of carbonyl (C=O) groups is 1. The van der Waals surface area contributed by atoms with E-state index in [-0.39, 0.29) is 83.1 Å². The van der Waals surface area contributed by atoms with Gasteiger partial charge in [-0.25, -0.2) is 14.2 Å². The van der Waals surface area contributed by atoms with Gasteiger partial charge in [-0.15, -0.1) is 10.2 Å². The average Bonchev–Trinajstić information content (AvgIpc) is 1.16. The first-order chi connectivity index (χ1) is 50.4. The van der Waals surface area contributed by atoms with Crippen molar-refractivity contribution < 1.29 is 66.4 Å². The fourth-order valence-electron chi connectivity index (χ4n) is 12.3. The number of rotatable bonds is 35. The van der Waals surface area contributed by atoms with Crippen LogP contribution < -0.4 is 9.47 Å². The molecule has 11 aromatic rings. The van der Waals surface area contributed by atoms with Crippen LogP contribution in [0, 0.1) is 0 Å². The summed E-state index contributed by atoms with van der Waals surface area (Å²) >= 11 is 0. The molecule has 13 rings (SSSR count). The Kier molecular flexibility index (Phi) is 25.2. The lowest BCUT2D eigenvalue weighted by Crippen LogP contribution is -2.59. The highest BCUT2D eigenvalue weighted by Gasteiger charge is 2.51. The maximum Gasteiger partial charge on any atom is 0.338 e. The van der Waals surface area contributed by atoms with Crippen LogP contribution in [-0.4, -0.2) is 105 Å². The van der Waals surface area contributed by atoms with Gasteiger partial charge in [-0.2, -0.15) is 0 Å². The van der Waals surface area contributed by atoms with E-state index < -0.39 is 67.3 Å². The molecule has 2 aliphatic heterocycles. The quantitative estimate of drug-likeness (QED) is 0.0339.